The fraction of sp³-hybridized carbons (Fsp3) is 0.294. The van der Waals surface area contributed by atoms with Gasteiger partial charge in [-0.05, 0) is 38.0 Å². The molecule has 0 saturated heterocycles. The number of rotatable bonds is 4. The van der Waals surface area contributed by atoms with Crippen molar-refractivity contribution in [2.24, 2.45) is 0 Å². The zero-order chi connectivity index (χ0) is 16.4. The summed E-state index contributed by atoms with van der Waals surface area (Å²) >= 11 is 0. The van der Waals surface area contributed by atoms with Crippen LogP contribution in [0.4, 0.5) is 5.69 Å². The minimum Gasteiger partial charge on any atom is -0.323 e. The number of nitrogens with one attached hydrogen (secondary N) is 1. The largest absolute Gasteiger partial charge is 0.323 e. The fourth-order valence-corrected chi connectivity index (χ4v) is 2.35. The molecule has 1 saturated carbocycles. The first-order valence-corrected chi connectivity index (χ1v) is 7.50. The van der Waals surface area contributed by atoms with Crippen LogP contribution in [0.2, 0.25) is 0 Å². The lowest BCUT2D eigenvalue weighted by Crippen LogP contribution is -2.33. The second-order valence-corrected chi connectivity index (χ2v) is 5.64. The van der Waals surface area contributed by atoms with Crippen LogP contribution in [0.5, 0.6) is 0 Å². The standard InChI is InChI=1S/C17H16N4O2/c1-11(17(23)19-14-5-3-2-4-13(14)10-18)21-16(22)9-8-15(20-21)12-6-7-12/h2-5,8-9,11-12H,6-7H2,1H3,(H,19,23). The van der Waals surface area contributed by atoms with E-state index in [2.05, 4.69) is 10.4 Å². The number of carbonyl (C=O) groups is 1. The van der Waals surface area contributed by atoms with Crippen molar-refractivity contribution in [2.45, 2.75) is 31.7 Å². The Morgan fingerprint density at radius 3 is 2.78 bits per heavy atom. The maximum Gasteiger partial charge on any atom is 0.267 e. The fourth-order valence-electron chi connectivity index (χ4n) is 2.35. The highest BCUT2D eigenvalue weighted by molar-refractivity contribution is 5.94. The first-order chi connectivity index (χ1) is 11.1. The monoisotopic (exact) mass is 308 g/mol. The molecule has 3 rings (SSSR count). The van der Waals surface area contributed by atoms with E-state index in [4.69, 9.17) is 5.26 Å². The molecule has 1 N–H and O–H groups in total. The number of benzene rings is 1. The maximum atomic E-state index is 12.4. The van der Waals surface area contributed by atoms with Crippen molar-refractivity contribution in [2.75, 3.05) is 5.32 Å². The predicted octanol–water partition coefficient (Wildman–Crippen LogP) is 2.19. The highest BCUT2D eigenvalue weighted by Crippen LogP contribution is 2.38. The third-order valence-corrected chi connectivity index (χ3v) is 3.89. The molecule has 0 bridgehead atoms. The minimum atomic E-state index is -0.757. The SMILES string of the molecule is CC(C(=O)Nc1ccccc1C#N)n1nc(C2CC2)ccc1=O. The molecule has 2 aromatic rings. The number of carbonyl (C=O) groups excluding carboxylic acids is 1. The van der Waals surface area contributed by atoms with Crippen molar-refractivity contribution < 1.29 is 4.79 Å². The summed E-state index contributed by atoms with van der Waals surface area (Å²) in [6, 6.07) is 11.2. The summed E-state index contributed by atoms with van der Waals surface area (Å²) in [6.45, 7) is 1.62. The van der Waals surface area contributed by atoms with E-state index < -0.39 is 6.04 Å². The third-order valence-electron chi connectivity index (χ3n) is 3.89. The van der Waals surface area contributed by atoms with E-state index in [9.17, 15) is 9.59 Å². The number of nitrogens with zero attached hydrogens (tertiary/aromatic N) is 3. The zero-order valence-corrected chi connectivity index (χ0v) is 12.7. The van der Waals surface area contributed by atoms with Gasteiger partial charge in [0.25, 0.3) is 5.56 Å². The quantitative estimate of drug-likeness (QED) is 0.937. The summed E-state index contributed by atoms with van der Waals surface area (Å²) in [7, 11) is 0. The summed E-state index contributed by atoms with van der Waals surface area (Å²) in [5.74, 6) is 0.0201. The summed E-state index contributed by atoms with van der Waals surface area (Å²) in [6.07, 6.45) is 2.14. The molecule has 0 radical (unpaired) electrons. The number of nitriles is 1. The van der Waals surface area contributed by atoms with Crippen molar-refractivity contribution in [3.63, 3.8) is 0 Å². The van der Waals surface area contributed by atoms with Crippen LogP contribution in [-0.4, -0.2) is 15.7 Å². The lowest BCUT2D eigenvalue weighted by Gasteiger charge is -2.15. The molecule has 1 heterocycles. The van der Waals surface area contributed by atoms with Gasteiger partial charge in [-0.25, -0.2) is 4.68 Å². The van der Waals surface area contributed by atoms with Gasteiger partial charge in [0, 0.05) is 12.0 Å². The molecule has 1 aromatic carbocycles. The summed E-state index contributed by atoms with van der Waals surface area (Å²) in [5, 5.41) is 16.1. The van der Waals surface area contributed by atoms with Crippen molar-refractivity contribution in [1.29, 1.82) is 5.26 Å². The molecule has 23 heavy (non-hydrogen) atoms. The smallest absolute Gasteiger partial charge is 0.267 e. The molecule has 0 aliphatic heterocycles. The molecule has 1 fully saturated rings. The lowest BCUT2D eigenvalue weighted by atomic mass is 10.2. The molecule has 116 valence electrons. The first-order valence-electron chi connectivity index (χ1n) is 7.50. The third kappa shape index (κ3) is 3.14. The van der Waals surface area contributed by atoms with E-state index in [0.29, 0.717) is 17.2 Å². The minimum absolute atomic E-state index is 0.314. The van der Waals surface area contributed by atoms with Gasteiger partial charge in [-0.2, -0.15) is 10.4 Å². The number of anilines is 1. The molecule has 1 amide bonds. The normalized spacial score (nSPS) is 14.8. The van der Waals surface area contributed by atoms with E-state index in [1.54, 1.807) is 37.3 Å². The Morgan fingerprint density at radius 1 is 1.35 bits per heavy atom. The van der Waals surface area contributed by atoms with Gasteiger partial charge in [0.05, 0.1) is 16.9 Å². The number of hydrogen-bond donors (Lipinski definition) is 1. The van der Waals surface area contributed by atoms with Gasteiger partial charge in [-0.15, -0.1) is 0 Å². The molecule has 6 nitrogen and oxygen atoms in total. The van der Waals surface area contributed by atoms with Crippen LogP contribution in [0.3, 0.4) is 0 Å². The van der Waals surface area contributed by atoms with Crippen LogP contribution in [0, 0.1) is 11.3 Å². The first kappa shape index (κ1) is 15.0. The van der Waals surface area contributed by atoms with E-state index in [-0.39, 0.29) is 11.5 Å². The van der Waals surface area contributed by atoms with Crippen LogP contribution >= 0.6 is 0 Å². The van der Waals surface area contributed by atoms with Crippen molar-refractivity contribution in [1.82, 2.24) is 9.78 Å². The van der Waals surface area contributed by atoms with Gasteiger partial charge in [-0.1, -0.05) is 12.1 Å². The van der Waals surface area contributed by atoms with Gasteiger partial charge in [0.15, 0.2) is 0 Å². The molecule has 1 unspecified atom stereocenters. The van der Waals surface area contributed by atoms with Crippen LogP contribution < -0.4 is 10.9 Å². The summed E-state index contributed by atoms with van der Waals surface area (Å²) in [5.41, 5.74) is 1.34. The predicted molar refractivity (Wildman–Crippen MR) is 85.0 cm³/mol. The zero-order valence-electron chi connectivity index (χ0n) is 12.7. The molecule has 1 aliphatic rings. The van der Waals surface area contributed by atoms with Crippen molar-refractivity contribution in [3.05, 3.63) is 58.0 Å². The van der Waals surface area contributed by atoms with Gasteiger partial charge in [0.2, 0.25) is 5.91 Å². The molecule has 1 aromatic heterocycles. The van der Waals surface area contributed by atoms with Crippen molar-refractivity contribution in [3.8, 4) is 6.07 Å². The Bertz CT molecular complexity index is 846. The second kappa shape index (κ2) is 6.05. The highest BCUT2D eigenvalue weighted by atomic mass is 16.2. The van der Waals surface area contributed by atoms with Crippen LogP contribution in [0.15, 0.2) is 41.2 Å². The Morgan fingerprint density at radius 2 is 2.09 bits per heavy atom. The topological polar surface area (TPSA) is 87.8 Å². The van der Waals surface area contributed by atoms with Gasteiger partial charge >= 0.3 is 0 Å². The average molecular weight is 308 g/mol. The Kier molecular flexibility index (Phi) is 3.94. The van der Waals surface area contributed by atoms with E-state index >= 15 is 0 Å². The molecular weight excluding hydrogens is 292 g/mol. The molecule has 1 aliphatic carbocycles. The number of hydrogen-bond acceptors (Lipinski definition) is 4. The maximum absolute atomic E-state index is 12.4. The summed E-state index contributed by atoms with van der Waals surface area (Å²) in [4.78, 5) is 24.4. The average Bonchev–Trinajstić information content (AvgIpc) is 3.40. The van der Waals surface area contributed by atoms with Crippen LogP contribution in [0.1, 0.15) is 43.0 Å². The lowest BCUT2D eigenvalue weighted by molar-refractivity contribution is -0.119. The number of para-hydroxylation sites is 1. The number of amides is 1. The van der Waals surface area contributed by atoms with E-state index in [1.165, 1.54) is 10.7 Å². The van der Waals surface area contributed by atoms with E-state index in [0.717, 1.165) is 18.5 Å². The van der Waals surface area contributed by atoms with Gasteiger partial charge in [-0.3, -0.25) is 9.59 Å². The van der Waals surface area contributed by atoms with Crippen LogP contribution in [0.25, 0.3) is 0 Å². The second-order valence-electron chi connectivity index (χ2n) is 5.64. The molecule has 6 heteroatoms. The van der Waals surface area contributed by atoms with Crippen molar-refractivity contribution >= 4 is 11.6 Å². The van der Waals surface area contributed by atoms with Gasteiger partial charge < -0.3 is 5.32 Å². The number of aromatic nitrogens is 2. The molecular formula is C17H16N4O2. The van der Waals surface area contributed by atoms with Crippen LogP contribution in [-0.2, 0) is 4.79 Å². The summed E-state index contributed by atoms with van der Waals surface area (Å²) < 4.78 is 1.21. The molecule has 1 atom stereocenters. The van der Waals surface area contributed by atoms with Gasteiger partial charge in [0.1, 0.15) is 12.1 Å². The molecule has 0 spiro atoms. The van der Waals surface area contributed by atoms with E-state index in [1.807, 2.05) is 6.07 Å². The Balaban J connectivity index is 1.84. The Hall–Kier alpha value is -2.94. The highest BCUT2D eigenvalue weighted by Gasteiger charge is 2.27. The Labute approximate surface area is 133 Å².